The van der Waals surface area contributed by atoms with Gasteiger partial charge in [-0.25, -0.2) is 4.57 Å². The molecule has 0 aromatic carbocycles. The third-order valence-electron chi connectivity index (χ3n) is 10.2. The fourth-order valence-corrected chi connectivity index (χ4v) is 7.48. The molecule has 0 aliphatic heterocycles. The number of carbonyl (C=O) groups excluding carboxylic acids is 1. The Bertz CT molecular complexity index is 993. The average molecular weight is 813 g/mol. The second-order valence-corrected chi connectivity index (χ2v) is 17.2. The first-order valence-corrected chi connectivity index (χ1v) is 24.7. The van der Waals surface area contributed by atoms with Crippen molar-refractivity contribution in [3.63, 3.8) is 0 Å². The largest absolute Gasteiger partial charge is 0.472 e. The van der Waals surface area contributed by atoms with Crippen molar-refractivity contribution in [1.82, 2.24) is 5.32 Å². The summed E-state index contributed by atoms with van der Waals surface area (Å²) in [7, 11) is -4.41. The number of rotatable bonds is 43. The van der Waals surface area contributed by atoms with E-state index in [0.29, 0.717) is 12.8 Å². The summed E-state index contributed by atoms with van der Waals surface area (Å²) in [6.07, 6.45) is 46.6. The molecule has 0 saturated carbocycles. The number of aliphatic hydroxyl groups excluding tert-OH is 2. The third-order valence-corrected chi connectivity index (χ3v) is 11.2. The first-order valence-electron chi connectivity index (χ1n) is 23.2. The molecule has 0 aromatic rings. The van der Waals surface area contributed by atoms with Crippen LogP contribution in [0.3, 0.4) is 0 Å². The first-order chi connectivity index (χ1) is 27.3. The van der Waals surface area contributed by atoms with E-state index >= 15 is 0 Å². The summed E-state index contributed by atoms with van der Waals surface area (Å²) in [6.45, 7) is 3.95. The molecule has 56 heavy (non-hydrogen) atoms. The summed E-state index contributed by atoms with van der Waals surface area (Å²) < 4.78 is 22.1. The van der Waals surface area contributed by atoms with E-state index < -0.39 is 38.6 Å². The lowest BCUT2D eigenvalue weighted by molar-refractivity contribution is -0.124. The zero-order valence-corrected chi connectivity index (χ0v) is 37.1. The average Bonchev–Trinajstić information content (AvgIpc) is 3.17. The molecule has 0 saturated heterocycles. The van der Waals surface area contributed by atoms with Gasteiger partial charge in [-0.1, -0.05) is 185 Å². The van der Waals surface area contributed by atoms with Crippen molar-refractivity contribution < 1.29 is 33.5 Å². The molecular weight excluding hydrogens is 723 g/mol. The topological polar surface area (TPSA) is 151 Å². The number of nitrogens with one attached hydrogen (secondary N) is 1. The molecule has 0 rings (SSSR count). The zero-order chi connectivity index (χ0) is 41.2. The maximum Gasteiger partial charge on any atom is 0.472 e. The lowest BCUT2D eigenvalue weighted by atomic mass is 10.0. The van der Waals surface area contributed by atoms with Gasteiger partial charge in [-0.3, -0.25) is 13.8 Å². The number of aliphatic hydroxyl groups is 2. The van der Waals surface area contributed by atoms with Crippen molar-refractivity contribution in [2.45, 2.75) is 231 Å². The number of hydrogen-bond donors (Lipinski definition) is 5. The van der Waals surface area contributed by atoms with Gasteiger partial charge in [0.2, 0.25) is 5.91 Å². The van der Waals surface area contributed by atoms with Crippen LogP contribution in [-0.2, 0) is 18.4 Å². The second-order valence-electron chi connectivity index (χ2n) is 15.8. The Labute approximate surface area is 344 Å². The Balaban J connectivity index is 4.34. The van der Waals surface area contributed by atoms with Crippen LogP contribution in [0.25, 0.3) is 0 Å². The molecule has 9 nitrogen and oxygen atoms in total. The molecular formula is C46H89N2O7P. The highest BCUT2D eigenvalue weighted by Crippen LogP contribution is 2.43. The normalized spacial score (nSPS) is 14.9. The van der Waals surface area contributed by atoms with Crippen LogP contribution >= 0.6 is 7.82 Å². The smallest absolute Gasteiger partial charge is 0.393 e. The predicted molar refractivity (Wildman–Crippen MR) is 237 cm³/mol. The molecule has 1 amide bonds. The van der Waals surface area contributed by atoms with E-state index in [1.165, 1.54) is 135 Å². The highest BCUT2D eigenvalue weighted by Gasteiger charge is 2.27. The van der Waals surface area contributed by atoms with Crippen molar-refractivity contribution in [3.05, 3.63) is 36.5 Å². The quantitative estimate of drug-likeness (QED) is 0.0232. The minimum atomic E-state index is -4.41. The molecule has 0 fully saturated rings. The molecule has 6 N–H and O–H groups in total. The number of allylic oxidation sites excluding steroid dienone is 5. The number of phosphoric ester groups is 1. The van der Waals surface area contributed by atoms with Crippen molar-refractivity contribution in [2.24, 2.45) is 5.73 Å². The fourth-order valence-electron chi connectivity index (χ4n) is 6.72. The molecule has 330 valence electrons. The number of phosphoric acid groups is 1. The predicted octanol–water partition coefficient (Wildman–Crippen LogP) is 12.1. The molecule has 0 aliphatic carbocycles. The number of unbranched alkanes of at least 4 members (excludes halogenated alkanes) is 25. The van der Waals surface area contributed by atoms with Crippen LogP contribution < -0.4 is 11.1 Å². The van der Waals surface area contributed by atoms with Gasteiger partial charge in [0.05, 0.1) is 37.9 Å². The van der Waals surface area contributed by atoms with Gasteiger partial charge in [0.1, 0.15) is 0 Å². The monoisotopic (exact) mass is 813 g/mol. The van der Waals surface area contributed by atoms with E-state index in [4.69, 9.17) is 14.8 Å². The van der Waals surface area contributed by atoms with Gasteiger partial charge < -0.3 is 26.2 Å². The molecule has 0 aromatic heterocycles. The molecule has 0 spiro atoms. The van der Waals surface area contributed by atoms with E-state index in [1.54, 1.807) is 6.08 Å². The van der Waals surface area contributed by atoms with Crippen molar-refractivity contribution >= 4 is 13.7 Å². The van der Waals surface area contributed by atoms with Gasteiger partial charge in [-0.15, -0.1) is 0 Å². The summed E-state index contributed by atoms with van der Waals surface area (Å²) in [4.78, 5) is 22.8. The van der Waals surface area contributed by atoms with Crippen molar-refractivity contribution in [2.75, 3.05) is 19.8 Å². The Morgan fingerprint density at radius 2 is 1.02 bits per heavy atom. The molecule has 0 bridgehead atoms. The molecule has 0 heterocycles. The lowest BCUT2D eigenvalue weighted by Gasteiger charge is -2.24. The van der Waals surface area contributed by atoms with E-state index in [0.717, 1.165) is 44.9 Å². The fraction of sp³-hybridized carbons (Fsp3) is 0.848. The van der Waals surface area contributed by atoms with E-state index in [1.807, 2.05) is 6.08 Å². The molecule has 0 aliphatic rings. The van der Waals surface area contributed by atoms with Crippen LogP contribution in [0.1, 0.15) is 213 Å². The van der Waals surface area contributed by atoms with E-state index in [9.17, 15) is 24.5 Å². The molecule has 0 radical (unpaired) electrons. The van der Waals surface area contributed by atoms with Crippen LogP contribution in [0.5, 0.6) is 0 Å². The van der Waals surface area contributed by atoms with Gasteiger partial charge >= 0.3 is 7.82 Å². The van der Waals surface area contributed by atoms with Gasteiger partial charge in [-0.2, -0.15) is 0 Å². The minimum Gasteiger partial charge on any atom is -0.393 e. The first kappa shape index (κ1) is 54.7. The van der Waals surface area contributed by atoms with Crippen LogP contribution in [0.2, 0.25) is 0 Å². The second kappa shape index (κ2) is 41.8. The highest BCUT2D eigenvalue weighted by molar-refractivity contribution is 7.47. The van der Waals surface area contributed by atoms with Gasteiger partial charge in [-0.05, 0) is 57.8 Å². The van der Waals surface area contributed by atoms with Crippen LogP contribution in [0.15, 0.2) is 36.5 Å². The summed E-state index contributed by atoms with van der Waals surface area (Å²) in [6, 6.07) is -1.00. The SMILES string of the molecule is CCCCCCCC/C=C\CCCCCCCC(O)CC(=O)NC(COP(=O)(O)OCCN)C(O)/C=C/CC/C=C/CCCCCCCCCCCCCCC. The maximum absolute atomic E-state index is 12.8. The van der Waals surface area contributed by atoms with Crippen molar-refractivity contribution in [1.29, 1.82) is 0 Å². The minimum absolute atomic E-state index is 0.0435. The molecule has 10 heteroatoms. The van der Waals surface area contributed by atoms with Gasteiger partial charge in [0.15, 0.2) is 0 Å². The number of hydrogen-bond acceptors (Lipinski definition) is 7. The highest BCUT2D eigenvalue weighted by atomic mass is 31.2. The Kier molecular flexibility index (Phi) is 40.8. The van der Waals surface area contributed by atoms with Crippen LogP contribution in [-0.4, -0.2) is 59.0 Å². The Hall–Kier alpha value is -1.32. The number of amides is 1. The van der Waals surface area contributed by atoms with Crippen LogP contribution in [0, 0.1) is 0 Å². The van der Waals surface area contributed by atoms with Gasteiger partial charge in [0.25, 0.3) is 0 Å². The zero-order valence-electron chi connectivity index (χ0n) is 36.2. The maximum atomic E-state index is 12.8. The number of nitrogens with two attached hydrogens (primary N) is 1. The molecule has 4 unspecified atom stereocenters. The summed E-state index contributed by atoms with van der Waals surface area (Å²) in [5, 5.41) is 24.1. The Morgan fingerprint density at radius 1 is 0.607 bits per heavy atom. The van der Waals surface area contributed by atoms with Crippen molar-refractivity contribution in [3.8, 4) is 0 Å². The lowest BCUT2D eigenvalue weighted by Crippen LogP contribution is -2.46. The van der Waals surface area contributed by atoms with Crippen LogP contribution in [0.4, 0.5) is 0 Å². The summed E-state index contributed by atoms with van der Waals surface area (Å²) in [5.41, 5.74) is 5.37. The standard InChI is InChI=1S/C46H89N2O7P/c1-3-5-7-9-11-13-15-17-19-20-21-22-24-26-28-30-32-34-36-38-45(50)44(42-55-56(52,53)54-40-39-47)48-46(51)41-43(49)37-35-33-31-29-27-25-23-18-16-14-12-10-8-6-4-2/h18,23,28,30,36,38,43-45,49-50H,3-17,19-22,24-27,29,31-35,37,39-42,47H2,1-2H3,(H,48,51)(H,52,53)/b23-18-,30-28+,38-36+. The Morgan fingerprint density at radius 3 is 1.48 bits per heavy atom. The van der Waals surface area contributed by atoms with Gasteiger partial charge in [0, 0.05) is 6.54 Å². The number of carbonyl (C=O) groups is 1. The van der Waals surface area contributed by atoms with E-state index in [-0.39, 0.29) is 19.6 Å². The molecule has 4 atom stereocenters. The van der Waals surface area contributed by atoms with E-state index in [2.05, 4.69) is 43.5 Å². The summed E-state index contributed by atoms with van der Waals surface area (Å²) in [5.74, 6) is -0.460. The summed E-state index contributed by atoms with van der Waals surface area (Å²) >= 11 is 0. The third kappa shape index (κ3) is 39.5.